The van der Waals surface area contributed by atoms with Gasteiger partial charge in [0.1, 0.15) is 0 Å². The Morgan fingerprint density at radius 2 is 2.19 bits per heavy atom. The van der Waals surface area contributed by atoms with Gasteiger partial charge in [0.25, 0.3) is 0 Å². The van der Waals surface area contributed by atoms with Gasteiger partial charge in [-0.05, 0) is 12.8 Å². The summed E-state index contributed by atoms with van der Waals surface area (Å²) in [5.74, 6) is 0.518. The van der Waals surface area contributed by atoms with Crippen molar-refractivity contribution in [2.75, 3.05) is 26.9 Å². The van der Waals surface area contributed by atoms with Crippen molar-refractivity contribution < 1.29 is 9.47 Å². The van der Waals surface area contributed by atoms with Crippen LogP contribution in [0.2, 0.25) is 0 Å². The smallest absolute Gasteiger partial charge is 0.0948 e. The molecule has 0 spiro atoms. The number of aromatic nitrogens is 2. The van der Waals surface area contributed by atoms with E-state index in [4.69, 9.17) is 21.1 Å². The molecule has 0 atom stereocenters. The second-order valence-corrected chi connectivity index (χ2v) is 3.79. The number of hydrogen-bond donors (Lipinski definition) is 0. The number of alkyl halides is 1. The molecule has 16 heavy (non-hydrogen) atoms. The molecule has 1 heterocycles. The Bertz CT molecular complexity index is 279. The van der Waals surface area contributed by atoms with E-state index in [1.54, 1.807) is 7.11 Å². The van der Waals surface area contributed by atoms with Crippen LogP contribution < -0.4 is 0 Å². The topological polar surface area (TPSA) is 36.3 Å². The van der Waals surface area contributed by atoms with Gasteiger partial charge in [0.15, 0.2) is 0 Å². The summed E-state index contributed by atoms with van der Waals surface area (Å²) in [7, 11) is 1.68. The quantitative estimate of drug-likeness (QED) is 0.494. The maximum absolute atomic E-state index is 5.77. The van der Waals surface area contributed by atoms with Crippen LogP contribution in [0.15, 0.2) is 12.5 Å². The third-order valence-corrected chi connectivity index (χ3v) is 2.58. The molecular formula is C11H19ClN2O2. The molecule has 0 aliphatic carbocycles. The van der Waals surface area contributed by atoms with Gasteiger partial charge in [0, 0.05) is 26.5 Å². The molecule has 1 rings (SSSR count). The van der Waals surface area contributed by atoms with E-state index in [1.807, 2.05) is 12.5 Å². The van der Waals surface area contributed by atoms with E-state index in [1.165, 1.54) is 0 Å². The van der Waals surface area contributed by atoms with E-state index in [9.17, 15) is 0 Å². The molecule has 0 aromatic carbocycles. The van der Waals surface area contributed by atoms with Gasteiger partial charge >= 0.3 is 0 Å². The number of unbranched alkanes of at least 4 members (excludes halogenated alkanes) is 1. The fourth-order valence-electron chi connectivity index (χ4n) is 1.39. The highest BCUT2D eigenvalue weighted by Crippen LogP contribution is 2.05. The van der Waals surface area contributed by atoms with Crippen molar-refractivity contribution in [2.24, 2.45) is 0 Å². The van der Waals surface area contributed by atoms with Crippen LogP contribution in [0.5, 0.6) is 0 Å². The summed E-state index contributed by atoms with van der Waals surface area (Å²) in [5.41, 5.74) is 1.07. The number of ether oxygens (including phenoxy) is 2. The van der Waals surface area contributed by atoms with E-state index in [0.29, 0.717) is 19.1 Å². The lowest BCUT2D eigenvalue weighted by Crippen LogP contribution is -2.05. The number of nitrogens with zero attached hydrogens (tertiary/aromatic N) is 2. The van der Waals surface area contributed by atoms with Gasteiger partial charge in [0.05, 0.1) is 31.1 Å². The Balaban J connectivity index is 2.03. The van der Waals surface area contributed by atoms with Crippen LogP contribution in [0, 0.1) is 0 Å². The molecule has 0 bridgehead atoms. The molecule has 0 N–H and O–H groups in total. The molecule has 0 aliphatic heterocycles. The minimum atomic E-state index is 0.518. The van der Waals surface area contributed by atoms with Crippen molar-refractivity contribution >= 4 is 11.6 Å². The highest BCUT2D eigenvalue weighted by atomic mass is 35.5. The molecule has 92 valence electrons. The van der Waals surface area contributed by atoms with Crippen molar-refractivity contribution in [2.45, 2.75) is 25.3 Å². The number of methoxy groups -OCH3 is 1. The van der Waals surface area contributed by atoms with Crippen molar-refractivity contribution in [3.63, 3.8) is 0 Å². The van der Waals surface area contributed by atoms with Gasteiger partial charge in [-0.25, -0.2) is 4.98 Å². The number of rotatable bonds is 9. The maximum Gasteiger partial charge on any atom is 0.0948 e. The SMILES string of the molecule is COCCOCCCCn1cncc1CCl. The van der Waals surface area contributed by atoms with Crippen molar-refractivity contribution in [1.82, 2.24) is 9.55 Å². The first-order chi connectivity index (χ1) is 7.88. The van der Waals surface area contributed by atoms with E-state index >= 15 is 0 Å². The van der Waals surface area contributed by atoms with Crippen LogP contribution in [0.4, 0.5) is 0 Å². The Kier molecular flexibility index (Phi) is 7.21. The average molecular weight is 247 g/mol. The summed E-state index contributed by atoms with van der Waals surface area (Å²) >= 11 is 5.77. The molecule has 5 heteroatoms. The minimum absolute atomic E-state index is 0.518. The summed E-state index contributed by atoms with van der Waals surface area (Å²) in [6.45, 7) is 3.08. The van der Waals surface area contributed by atoms with E-state index in [-0.39, 0.29) is 0 Å². The Labute approximate surface area is 102 Å². The van der Waals surface area contributed by atoms with Crippen LogP contribution >= 0.6 is 11.6 Å². The minimum Gasteiger partial charge on any atom is -0.382 e. The highest BCUT2D eigenvalue weighted by molar-refractivity contribution is 6.16. The largest absolute Gasteiger partial charge is 0.382 e. The molecule has 0 unspecified atom stereocenters. The van der Waals surface area contributed by atoms with Crippen LogP contribution in [0.3, 0.4) is 0 Å². The lowest BCUT2D eigenvalue weighted by atomic mass is 10.3. The second-order valence-electron chi connectivity index (χ2n) is 3.52. The molecule has 0 radical (unpaired) electrons. The molecule has 0 saturated carbocycles. The summed E-state index contributed by atoms with van der Waals surface area (Å²) < 4.78 is 12.3. The molecule has 0 amide bonds. The van der Waals surface area contributed by atoms with E-state index < -0.39 is 0 Å². The van der Waals surface area contributed by atoms with Gasteiger partial charge in [-0.2, -0.15) is 0 Å². The summed E-state index contributed by atoms with van der Waals surface area (Å²) in [5, 5.41) is 0. The first kappa shape index (κ1) is 13.5. The first-order valence-electron chi connectivity index (χ1n) is 5.50. The average Bonchev–Trinajstić information content (AvgIpc) is 2.75. The lowest BCUT2D eigenvalue weighted by molar-refractivity contribution is 0.0684. The van der Waals surface area contributed by atoms with Crippen LogP contribution in [0.1, 0.15) is 18.5 Å². The second kappa shape index (κ2) is 8.56. The highest BCUT2D eigenvalue weighted by Gasteiger charge is 1.99. The molecule has 4 nitrogen and oxygen atoms in total. The maximum atomic E-state index is 5.77. The van der Waals surface area contributed by atoms with E-state index in [0.717, 1.165) is 31.7 Å². The lowest BCUT2D eigenvalue weighted by Gasteiger charge is -2.06. The van der Waals surface area contributed by atoms with E-state index in [2.05, 4.69) is 9.55 Å². The van der Waals surface area contributed by atoms with Gasteiger partial charge in [-0.3, -0.25) is 0 Å². The summed E-state index contributed by atoms with van der Waals surface area (Å²) in [6, 6.07) is 0. The Morgan fingerprint density at radius 3 is 2.94 bits per heavy atom. The molecule has 1 aromatic heterocycles. The summed E-state index contributed by atoms with van der Waals surface area (Å²) in [4.78, 5) is 4.06. The van der Waals surface area contributed by atoms with Crippen molar-refractivity contribution in [3.8, 4) is 0 Å². The third kappa shape index (κ3) is 4.96. The molecule has 1 aromatic rings. The van der Waals surface area contributed by atoms with Gasteiger partial charge < -0.3 is 14.0 Å². The zero-order valence-electron chi connectivity index (χ0n) is 9.69. The fraction of sp³-hybridized carbons (Fsp3) is 0.727. The van der Waals surface area contributed by atoms with Crippen LogP contribution in [-0.4, -0.2) is 36.5 Å². The van der Waals surface area contributed by atoms with Crippen molar-refractivity contribution in [1.29, 1.82) is 0 Å². The predicted molar refractivity (Wildman–Crippen MR) is 63.7 cm³/mol. The standard InChI is InChI=1S/C11H19ClN2O2/c1-15-6-7-16-5-3-2-4-14-10-13-9-11(14)8-12/h9-10H,2-8H2,1H3. The van der Waals surface area contributed by atoms with Gasteiger partial charge in [-0.1, -0.05) is 0 Å². The van der Waals surface area contributed by atoms with Crippen LogP contribution in [0.25, 0.3) is 0 Å². The molecular weight excluding hydrogens is 228 g/mol. The molecule has 0 fully saturated rings. The Morgan fingerprint density at radius 1 is 1.31 bits per heavy atom. The number of hydrogen-bond acceptors (Lipinski definition) is 3. The van der Waals surface area contributed by atoms with Crippen LogP contribution in [-0.2, 0) is 21.9 Å². The Hall–Kier alpha value is -0.580. The first-order valence-corrected chi connectivity index (χ1v) is 6.03. The molecule has 0 saturated heterocycles. The zero-order chi connectivity index (χ0) is 11.6. The molecule has 0 aliphatic rings. The number of aryl methyl sites for hydroxylation is 1. The number of halogens is 1. The predicted octanol–water partition coefficient (Wildman–Crippen LogP) is 2.07. The zero-order valence-corrected chi connectivity index (χ0v) is 10.4. The third-order valence-electron chi connectivity index (χ3n) is 2.30. The summed E-state index contributed by atoms with van der Waals surface area (Å²) in [6.07, 6.45) is 5.75. The van der Waals surface area contributed by atoms with Gasteiger partial charge in [0.2, 0.25) is 0 Å². The van der Waals surface area contributed by atoms with Gasteiger partial charge in [-0.15, -0.1) is 11.6 Å². The van der Waals surface area contributed by atoms with Crippen molar-refractivity contribution in [3.05, 3.63) is 18.2 Å². The monoisotopic (exact) mass is 246 g/mol. The fourth-order valence-corrected chi connectivity index (χ4v) is 1.61. The normalized spacial score (nSPS) is 10.9. The number of imidazole rings is 1.